The molecular formula is C16H15ClN2O6S. The van der Waals surface area contributed by atoms with Crippen LogP contribution >= 0.6 is 11.6 Å². The fourth-order valence-electron chi connectivity index (χ4n) is 2.03. The van der Waals surface area contributed by atoms with Gasteiger partial charge in [-0.3, -0.25) is 4.79 Å². The van der Waals surface area contributed by atoms with Crippen LogP contribution in [0.25, 0.3) is 0 Å². The summed E-state index contributed by atoms with van der Waals surface area (Å²) >= 11 is 5.87. The number of carbonyl (C=O) groups excluding carboxylic acids is 1. The zero-order chi connectivity index (χ0) is 19.3. The first-order valence-electron chi connectivity index (χ1n) is 7.22. The third-order valence-electron chi connectivity index (χ3n) is 3.18. The van der Waals surface area contributed by atoms with Crippen molar-refractivity contribution in [3.05, 3.63) is 53.1 Å². The summed E-state index contributed by atoms with van der Waals surface area (Å²) in [6.07, 6.45) is -1.73. The summed E-state index contributed by atoms with van der Waals surface area (Å²) < 4.78 is 30.8. The molecule has 26 heavy (non-hydrogen) atoms. The van der Waals surface area contributed by atoms with E-state index in [2.05, 4.69) is 5.32 Å². The fraction of sp³-hybridized carbons (Fsp3) is 0.125. The number of hydrogen-bond acceptors (Lipinski definition) is 5. The Morgan fingerprint density at radius 1 is 1.19 bits per heavy atom. The average Bonchev–Trinajstić information content (AvgIpc) is 2.55. The molecule has 2 amide bonds. The van der Waals surface area contributed by atoms with E-state index in [0.717, 1.165) is 5.56 Å². The molecule has 0 aliphatic heterocycles. The minimum Gasteiger partial charge on any atom is -0.483 e. The highest BCUT2D eigenvalue weighted by Gasteiger charge is 2.21. The van der Waals surface area contributed by atoms with E-state index in [1.807, 2.05) is 0 Å². The van der Waals surface area contributed by atoms with Crippen LogP contribution in [-0.4, -0.2) is 32.1 Å². The van der Waals surface area contributed by atoms with Gasteiger partial charge < -0.3 is 15.2 Å². The maximum Gasteiger partial charge on any atom is 0.418 e. The summed E-state index contributed by atoms with van der Waals surface area (Å²) in [5, 5.41) is 11.5. The molecule has 10 heteroatoms. The van der Waals surface area contributed by atoms with Gasteiger partial charge in [-0.25, -0.2) is 17.9 Å². The molecule has 0 aromatic heterocycles. The van der Waals surface area contributed by atoms with Gasteiger partial charge in [-0.15, -0.1) is 0 Å². The van der Waals surface area contributed by atoms with E-state index >= 15 is 0 Å². The Labute approximate surface area is 154 Å². The molecule has 138 valence electrons. The van der Waals surface area contributed by atoms with E-state index in [-0.39, 0.29) is 17.2 Å². The number of sulfonamides is 1. The third kappa shape index (κ3) is 5.11. The first-order valence-corrected chi connectivity index (χ1v) is 9.09. The number of amides is 2. The quantitative estimate of drug-likeness (QED) is 0.687. The second-order valence-electron chi connectivity index (χ2n) is 5.15. The topological polar surface area (TPSA) is 122 Å². The van der Waals surface area contributed by atoms with Gasteiger partial charge in [-0.2, -0.15) is 0 Å². The largest absolute Gasteiger partial charge is 0.483 e. The van der Waals surface area contributed by atoms with E-state index < -0.39 is 22.0 Å². The van der Waals surface area contributed by atoms with Gasteiger partial charge in [0.15, 0.2) is 6.61 Å². The van der Waals surface area contributed by atoms with Crippen LogP contribution in [0.4, 0.5) is 10.5 Å². The lowest BCUT2D eigenvalue weighted by atomic mass is 10.2. The number of ether oxygens (including phenoxy) is 1. The predicted octanol–water partition coefficient (Wildman–Crippen LogP) is 2.62. The molecule has 0 bridgehead atoms. The number of benzene rings is 2. The van der Waals surface area contributed by atoms with E-state index in [9.17, 15) is 18.0 Å². The summed E-state index contributed by atoms with van der Waals surface area (Å²) in [4.78, 5) is 22.3. The van der Waals surface area contributed by atoms with Crippen molar-refractivity contribution in [2.45, 2.75) is 11.8 Å². The lowest BCUT2D eigenvalue weighted by Crippen LogP contribution is -2.30. The number of nitrogens with one attached hydrogen (secondary N) is 2. The Balaban J connectivity index is 2.12. The Bertz CT molecular complexity index is 946. The summed E-state index contributed by atoms with van der Waals surface area (Å²) in [5.74, 6) is -0.205. The van der Waals surface area contributed by atoms with E-state index in [1.54, 1.807) is 25.1 Å². The molecule has 0 radical (unpaired) electrons. The molecule has 0 spiro atoms. The van der Waals surface area contributed by atoms with Crippen molar-refractivity contribution >= 4 is 39.3 Å². The van der Waals surface area contributed by atoms with Gasteiger partial charge >= 0.3 is 6.09 Å². The Kier molecular flexibility index (Phi) is 6.06. The number of rotatable bonds is 6. The zero-order valence-electron chi connectivity index (χ0n) is 13.5. The third-order valence-corrected chi connectivity index (χ3v) is 4.79. The number of hydrogen-bond donors (Lipinski definition) is 3. The molecule has 0 saturated heterocycles. The van der Waals surface area contributed by atoms with Crippen LogP contribution in [0.5, 0.6) is 5.75 Å². The molecule has 0 aliphatic rings. The maximum absolute atomic E-state index is 12.1. The Morgan fingerprint density at radius 3 is 2.58 bits per heavy atom. The fourth-order valence-corrected chi connectivity index (χ4v) is 3.20. The molecule has 2 aromatic carbocycles. The van der Waals surface area contributed by atoms with Gasteiger partial charge in [-0.1, -0.05) is 29.8 Å². The molecule has 0 unspecified atom stereocenters. The smallest absolute Gasteiger partial charge is 0.418 e. The number of aryl methyl sites for hydroxylation is 1. The monoisotopic (exact) mass is 398 g/mol. The van der Waals surface area contributed by atoms with Crippen LogP contribution in [0.2, 0.25) is 5.02 Å². The number of para-hydroxylation sites is 1. The highest BCUT2D eigenvalue weighted by atomic mass is 35.5. The van der Waals surface area contributed by atoms with E-state index in [4.69, 9.17) is 21.4 Å². The summed E-state index contributed by atoms with van der Waals surface area (Å²) in [7, 11) is -4.34. The van der Waals surface area contributed by atoms with Gasteiger partial charge in [0.05, 0.1) is 5.69 Å². The number of carbonyl (C=O) groups is 2. The first-order chi connectivity index (χ1) is 12.2. The molecule has 2 rings (SSSR count). The van der Waals surface area contributed by atoms with E-state index in [1.165, 1.54) is 29.0 Å². The van der Waals surface area contributed by atoms with Crippen molar-refractivity contribution in [3.63, 3.8) is 0 Å². The molecule has 0 fully saturated rings. The highest BCUT2D eigenvalue weighted by molar-refractivity contribution is 7.90. The van der Waals surface area contributed by atoms with Crippen LogP contribution in [0.15, 0.2) is 47.4 Å². The lowest BCUT2D eigenvalue weighted by Gasteiger charge is -2.12. The van der Waals surface area contributed by atoms with Gasteiger partial charge in [0.2, 0.25) is 0 Å². The van der Waals surface area contributed by atoms with Crippen molar-refractivity contribution in [3.8, 4) is 5.75 Å². The minimum absolute atomic E-state index is 0.0716. The van der Waals surface area contributed by atoms with Crippen molar-refractivity contribution < 1.29 is 27.9 Å². The van der Waals surface area contributed by atoms with E-state index in [0.29, 0.717) is 10.8 Å². The SMILES string of the molecule is Cc1ccc(Cl)cc1OCC(=O)Nc1ccccc1S(=O)(=O)NC(=O)O. The molecule has 0 saturated carbocycles. The summed E-state index contributed by atoms with van der Waals surface area (Å²) in [6, 6.07) is 10.4. The lowest BCUT2D eigenvalue weighted by molar-refractivity contribution is -0.118. The second kappa shape index (κ2) is 8.07. The van der Waals surface area contributed by atoms with Crippen molar-refractivity contribution in [1.29, 1.82) is 0 Å². The van der Waals surface area contributed by atoms with Crippen LogP contribution in [0.3, 0.4) is 0 Å². The standard InChI is InChI=1S/C16H15ClN2O6S/c1-10-6-7-11(17)8-13(10)25-9-15(20)18-12-4-2-3-5-14(12)26(23,24)19-16(21)22/h2-8,19H,9H2,1H3,(H,18,20)(H,21,22). The zero-order valence-corrected chi connectivity index (χ0v) is 15.1. The Hall–Kier alpha value is -2.78. The molecule has 2 aromatic rings. The van der Waals surface area contributed by atoms with Gasteiger partial charge in [0, 0.05) is 5.02 Å². The van der Waals surface area contributed by atoms with Gasteiger partial charge in [0.25, 0.3) is 15.9 Å². The average molecular weight is 399 g/mol. The van der Waals surface area contributed by atoms with Crippen molar-refractivity contribution in [1.82, 2.24) is 4.72 Å². The van der Waals surface area contributed by atoms with Gasteiger partial charge in [-0.05, 0) is 36.8 Å². The normalized spacial score (nSPS) is 10.8. The second-order valence-corrected chi connectivity index (χ2v) is 7.24. The summed E-state index contributed by atoms with van der Waals surface area (Å²) in [5.41, 5.74) is 0.702. The Morgan fingerprint density at radius 2 is 1.88 bits per heavy atom. The predicted molar refractivity (Wildman–Crippen MR) is 95.1 cm³/mol. The molecule has 3 N–H and O–H groups in total. The maximum atomic E-state index is 12.1. The molecule has 0 aliphatic carbocycles. The number of anilines is 1. The van der Waals surface area contributed by atoms with Gasteiger partial charge in [0.1, 0.15) is 10.6 Å². The minimum atomic E-state index is -4.34. The van der Waals surface area contributed by atoms with Crippen LogP contribution in [0, 0.1) is 6.92 Å². The van der Waals surface area contributed by atoms with Crippen LogP contribution in [0.1, 0.15) is 5.56 Å². The van der Waals surface area contributed by atoms with Crippen molar-refractivity contribution in [2.75, 3.05) is 11.9 Å². The molecule has 0 atom stereocenters. The summed E-state index contributed by atoms with van der Waals surface area (Å²) in [6.45, 7) is 1.39. The number of halogens is 1. The van der Waals surface area contributed by atoms with Crippen LogP contribution in [-0.2, 0) is 14.8 Å². The van der Waals surface area contributed by atoms with Crippen LogP contribution < -0.4 is 14.8 Å². The first kappa shape index (κ1) is 19.5. The number of carboxylic acid groups (broad SMARTS) is 1. The molecule has 0 heterocycles. The van der Waals surface area contributed by atoms with Crippen molar-refractivity contribution in [2.24, 2.45) is 0 Å². The molecule has 8 nitrogen and oxygen atoms in total. The molecular weight excluding hydrogens is 384 g/mol. The highest BCUT2D eigenvalue weighted by Crippen LogP contribution is 2.23.